The van der Waals surface area contributed by atoms with E-state index < -0.39 is 10.1 Å². The molecule has 0 bridgehead atoms. The fourth-order valence-corrected chi connectivity index (χ4v) is 2.01. The number of nitrogens with two attached hydrogens (primary N) is 1. The van der Waals surface area contributed by atoms with E-state index in [4.69, 9.17) is 14.7 Å². The van der Waals surface area contributed by atoms with Crippen molar-refractivity contribution in [3.05, 3.63) is 23.3 Å². The molecule has 1 aromatic rings. The van der Waals surface area contributed by atoms with Crippen LogP contribution in [0, 0.1) is 0 Å². The highest BCUT2D eigenvalue weighted by Crippen LogP contribution is 2.33. The van der Waals surface area contributed by atoms with Gasteiger partial charge in [-0.25, -0.2) is 0 Å². The molecule has 108 valence electrons. The number of ether oxygens (including phenoxy) is 1. The lowest BCUT2D eigenvalue weighted by Crippen LogP contribution is -2.14. The first-order valence-electron chi connectivity index (χ1n) is 5.86. The number of nitrogen functional groups attached to an aromatic ring is 1. The molecule has 0 aliphatic rings. The molecule has 1 rings (SSSR count). The van der Waals surface area contributed by atoms with Gasteiger partial charge >= 0.3 is 0 Å². The van der Waals surface area contributed by atoms with Gasteiger partial charge in [-0.15, -0.1) is 0 Å². The van der Waals surface area contributed by atoms with Crippen LogP contribution in [0.5, 0.6) is 5.75 Å². The Bertz CT molecular complexity index is 559. The maximum Gasteiger partial charge on any atom is 0.264 e. The number of rotatable bonds is 4. The van der Waals surface area contributed by atoms with Crippen LogP contribution in [0.15, 0.2) is 12.1 Å². The zero-order valence-corrected chi connectivity index (χ0v) is 12.8. The summed E-state index contributed by atoms with van der Waals surface area (Å²) in [5.74, 6) is 0.455. The Hall–Kier alpha value is -1.27. The summed E-state index contributed by atoms with van der Waals surface area (Å²) in [7, 11) is -2.01. The average Bonchev–Trinajstić information content (AvgIpc) is 2.23. The minimum Gasteiger partial charge on any atom is -0.494 e. The summed E-state index contributed by atoms with van der Waals surface area (Å²) in [6.07, 6.45) is 1.01. The first kappa shape index (κ1) is 15.8. The van der Waals surface area contributed by atoms with Crippen molar-refractivity contribution in [2.75, 3.05) is 19.1 Å². The molecule has 0 aliphatic carbocycles. The molecule has 0 unspecified atom stereocenters. The predicted octanol–water partition coefficient (Wildman–Crippen LogP) is 2.05. The number of benzene rings is 1. The Morgan fingerprint density at radius 2 is 1.84 bits per heavy atom. The third kappa shape index (κ3) is 4.40. The Morgan fingerprint density at radius 1 is 1.26 bits per heavy atom. The molecule has 0 saturated carbocycles. The predicted molar refractivity (Wildman–Crippen MR) is 75.7 cm³/mol. The molecule has 0 fully saturated rings. The second-order valence-corrected chi connectivity index (χ2v) is 7.12. The van der Waals surface area contributed by atoms with Crippen LogP contribution in [0.25, 0.3) is 0 Å². The van der Waals surface area contributed by atoms with Gasteiger partial charge in [-0.05, 0) is 23.1 Å². The molecule has 0 saturated heterocycles. The lowest BCUT2D eigenvalue weighted by molar-refractivity contribution is 0.302. The molecule has 5 nitrogen and oxygen atoms in total. The van der Waals surface area contributed by atoms with Crippen LogP contribution in [0.2, 0.25) is 0 Å². The quantitative estimate of drug-likeness (QED) is 0.677. The maximum absolute atomic E-state index is 11.1. The second-order valence-electron chi connectivity index (χ2n) is 5.47. The molecule has 0 atom stereocenters. The fourth-order valence-electron chi connectivity index (χ4n) is 1.67. The monoisotopic (exact) mass is 287 g/mol. The van der Waals surface area contributed by atoms with Crippen molar-refractivity contribution < 1.29 is 17.3 Å². The first-order chi connectivity index (χ1) is 8.54. The van der Waals surface area contributed by atoms with Crippen LogP contribution in [0.4, 0.5) is 5.69 Å². The molecule has 0 spiro atoms. The van der Waals surface area contributed by atoms with Crippen molar-refractivity contribution in [2.24, 2.45) is 0 Å². The van der Waals surface area contributed by atoms with Gasteiger partial charge in [0.1, 0.15) is 5.75 Å². The summed E-state index contributed by atoms with van der Waals surface area (Å²) in [6.45, 7) is 6.07. The summed E-state index contributed by atoms with van der Waals surface area (Å²) in [4.78, 5) is 0. The first-order valence-corrected chi connectivity index (χ1v) is 7.67. The van der Waals surface area contributed by atoms with E-state index in [1.165, 1.54) is 7.11 Å². The summed E-state index contributed by atoms with van der Waals surface area (Å²) < 4.78 is 32.2. The van der Waals surface area contributed by atoms with E-state index in [1.807, 2.05) is 12.1 Å². The van der Waals surface area contributed by atoms with Crippen LogP contribution in [0.1, 0.15) is 31.9 Å². The largest absolute Gasteiger partial charge is 0.494 e. The van der Waals surface area contributed by atoms with Crippen LogP contribution in [0.3, 0.4) is 0 Å². The Morgan fingerprint density at radius 3 is 2.26 bits per heavy atom. The fraction of sp³-hybridized carbons (Fsp3) is 0.538. The van der Waals surface area contributed by atoms with Gasteiger partial charge in [0.15, 0.2) is 0 Å². The van der Waals surface area contributed by atoms with Crippen molar-refractivity contribution in [1.29, 1.82) is 0 Å². The van der Waals surface area contributed by atoms with E-state index in [0.29, 0.717) is 17.0 Å². The van der Waals surface area contributed by atoms with E-state index >= 15 is 0 Å². The van der Waals surface area contributed by atoms with Crippen molar-refractivity contribution in [3.63, 3.8) is 0 Å². The SMILES string of the molecule is COc1c(N)cc(C(C)(C)C)cc1COS(C)(=O)=O. The van der Waals surface area contributed by atoms with Crippen LogP contribution in [-0.2, 0) is 26.3 Å². The van der Waals surface area contributed by atoms with Crippen molar-refractivity contribution in [1.82, 2.24) is 0 Å². The molecule has 0 aromatic heterocycles. The zero-order chi connectivity index (χ0) is 14.8. The Labute approximate surface area is 114 Å². The minimum absolute atomic E-state index is 0.0872. The molecule has 0 radical (unpaired) electrons. The normalized spacial score (nSPS) is 12.5. The van der Waals surface area contributed by atoms with E-state index in [1.54, 1.807) is 0 Å². The lowest BCUT2D eigenvalue weighted by Gasteiger charge is -2.22. The minimum atomic E-state index is -3.50. The zero-order valence-electron chi connectivity index (χ0n) is 12.0. The number of anilines is 1. The van der Waals surface area contributed by atoms with Crippen LogP contribution < -0.4 is 10.5 Å². The number of methoxy groups -OCH3 is 1. The molecule has 0 heterocycles. The summed E-state index contributed by atoms with van der Waals surface area (Å²) in [5, 5.41) is 0. The van der Waals surface area contributed by atoms with Crippen LogP contribution in [-0.4, -0.2) is 21.8 Å². The highest BCUT2D eigenvalue weighted by molar-refractivity contribution is 7.85. The molecular formula is C13H21NO4S. The van der Waals surface area contributed by atoms with Gasteiger partial charge in [0, 0.05) is 5.56 Å². The van der Waals surface area contributed by atoms with E-state index in [-0.39, 0.29) is 12.0 Å². The Kier molecular flexibility index (Phi) is 4.47. The molecule has 2 N–H and O–H groups in total. The molecule has 0 amide bonds. The summed E-state index contributed by atoms with van der Waals surface area (Å²) in [5.41, 5.74) is 7.94. The van der Waals surface area contributed by atoms with Gasteiger partial charge in [-0.3, -0.25) is 4.18 Å². The maximum atomic E-state index is 11.1. The van der Waals surface area contributed by atoms with Gasteiger partial charge < -0.3 is 10.5 Å². The van der Waals surface area contributed by atoms with Gasteiger partial charge in [0.25, 0.3) is 10.1 Å². The third-order valence-corrected chi connectivity index (χ3v) is 3.24. The van der Waals surface area contributed by atoms with Crippen molar-refractivity contribution in [2.45, 2.75) is 32.8 Å². The van der Waals surface area contributed by atoms with E-state index in [2.05, 4.69) is 20.8 Å². The summed E-state index contributed by atoms with van der Waals surface area (Å²) in [6, 6.07) is 3.70. The Balaban J connectivity index is 3.23. The van der Waals surface area contributed by atoms with Crippen molar-refractivity contribution >= 4 is 15.8 Å². The highest BCUT2D eigenvalue weighted by atomic mass is 32.2. The average molecular weight is 287 g/mol. The van der Waals surface area contributed by atoms with E-state index in [0.717, 1.165) is 11.8 Å². The lowest BCUT2D eigenvalue weighted by atomic mass is 9.85. The van der Waals surface area contributed by atoms with Gasteiger partial charge in [0.2, 0.25) is 0 Å². The molecule has 1 aromatic carbocycles. The van der Waals surface area contributed by atoms with Crippen molar-refractivity contribution in [3.8, 4) is 5.75 Å². The number of hydrogen-bond donors (Lipinski definition) is 1. The molecule has 0 aliphatic heterocycles. The highest BCUT2D eigenvalue weighted by Gasteiger charge is 2.19. The third-order valence-electron chi connectivity index (χ3n) is 2.69. The standard InChI is InChI=1S/C13H21NO4S/c1-13(2,3)10-6-9(8-18-19(5,15)16)12(17-4)11(14)7-10/h6-7H,8,14H2,1-5H3. The second kappa shape index (κ2) is 5.38. The van der Waals surface area contributed by atoms with E-state index in [9.17, 15) is 8.42 Å². The molecule has 6 heteroatoms. The molecular weight excluding hydrogens is 266 g/mol. The van der Waals surface area contributed by atoms with Gasteiger partial charge in [0.05, 0.1) is 25.7 Å². The molecule has 19 heavy (non-hydrogen) atoms. The van der Waals surface area contributed by atoms with Gasteiger partial charge in [-0.2, -0.15) is 8.42 Å². The number of hydrogen-bond acceptors (Lipinski definition) is 5. The topological polar surface area (TPSA) is 78.6 Å². The van der Waals surface area contributed by atoms with Crippen LogP contribution >= 0.6 is 0 Å². The smallest absolute Gasteiger partial charge is 0.264 e. The summed E-state index contributed by atoms with van der Waals surface area (Å²) >= 11 is 0. The van der Waals surface area contributed by atoms with Gasteiger partial charge in [-0.1, -0.05) is 20.8 Å².